The Morgan fingerprint density at radius 2 is 1.43 bits per heavy atom. The average molecular weight is 296 g/mol. The molecule has 0 aromatic rings. The van der Waals surface area contributed by atoms with E-state index in [0.717, 1.165) is 12.8 Å². The largest absolute Gasteiger partial charge is 0.333 e. The molecule has 1 fully saturated rings. The maximum atomic E-state index is 11.6. The number of imide groups is 3. The van der Waals surface area contributed by atoms with E-state index in [1.807, 2.05) is 0 Å². The third kappa shape index (κ3) is 6.27. The van der Waals surface area contributed by atoms with E-state index in [4.69, 9.17) is 0 Å². The Kier molecular flexibility index (Phi) is 8.71. The van der Waals surface area contributed by atoms with E-state index in [2.05, 4.69) is 6.92 Å². The van der Waals surface area contributed by atoms with Crippen molar-refractivity contribution in [3.05, 3.63) is 0 Å². The zero-order valence-corrected chi connectivity index (χ0v) is 13.2. The Bertz CT molecular complexity index is 344. The summed E-state index contributed by atoms with van der Waals surface area (Å²) in [4.78, 5) is 35.7. The number of urea groups is 1. The normalized spacial score (nSPS) is 15.1. The van der Waals surface area contributed by atoms with Gasteiger partial charge >= 0.3 is 6.03 Å². The van der Waals surface area contributed by atoms with Crippen molar-refractivity contribution < 1.29 is 14.4 Å². The van der Waals surface area contributed by atoms with Gasteiger partial charge in [0, 0.05) is 6.54 Å². The van der Waals surface area contributed by atoms with Crippen LogP contribution in [0.5, 0.6) is 0 Å². The van der Waals surface area contributed by atoms with Gasteiger partial charge in [-0.05, 0) is 6.42 Å². The molecular weight excluding hydrogens is 268 g/mol. The van der Waals surface area contributed by atoms with Crippen molar-refractivity contribution in [2.45, 2.75) is 71.1 Å². The van der Waals surface area contributed by atoms with E-state index in [1.165, 1.54) is 56.3 Å². The molecular formula is C16H28N2O3. The quantitative estimate of drug-likeness (QED) is 0.315. The van der Waals surface area contributed by atoms with Crippen LogP contribution in [0.1, 0.15) is 71.1 Å². The van der Waals surface area contributed by atoms with Gasteiger partial charge in [0.05, 0.1) is 0 Å². The van der Waals surface area contributed by atoms with Crippen LogP contribution in [0.2, 0.25) is 0 Å². The highest BCUT2D eigenvalue weighted by atomic mass is 16.2. The predicted molar refractivity (Wildman–Crippen MR) is 81.7 cm³/mol. The van der Waals surface area contributed by atoms with Crippen molar-refractivity contribution in [2.24, 2.45) is 0 Å². The van der Waals surface area contributed by atoms with Gasteiger partial charge in [0.25, 0.3) is 5.91 Å². The summed E-state index contributed by atoms with van der Waals surface area (Å²) in [6.07, 6.45) is 12.7. The van der Waals surface area contributed by atoms with Crippen LogP contribution in [0.3, 0.4) is 0 Å². The minimum Gasteiger partial charge on any atom is -0.315 e. The Morgan fingerprint density at radius 3 is 1.90 bits per heavy atom. The fraction of sp³-hybridized carbons (Fsp3) is 0.812. The van der Waals surface area contributed by atoms with Gasteiger partial charge in [0.1, 0.15) is 6.54 Å². The standard InChI is InChI=1S/C16H28N2O3/c1-2-3-4-5-6-7-8-9-10-11-12-17-13-15(20)18(14-19)16(17)21/h14H,2-13H2,1H3. The summed E-state index contributed by atoms with van der Waals surface area (Å²) in [6.45, 7) is 2.85. The monoisotopic (exact) mass is 296 g/mol. The Balaban J connectivity index is 1.96. The molecule has 0 N–H and O–H groups in total. The lowest BCUT2D eigenvalue weighted by Gasteiger charge is -2.13. The highest BCUT2D eigenvalue weighted by Crippen LogP contribution is 2.13. The minimum absolute atomic E-state index is 0.0506. The van der Waals surface area contributed by atoms with Gasteiger partial charge in [-0.15, -0.1) is 0 Å². The van der Waals surface area contributed by atoms with E-state index in [-0.39, 0.29) is 6.54 Å². The minimum atomic E-state index is -0.467. The summed E-state index contributed by atoms with van der Waals surface area (Å²) in [5.74, 6) is -0.415. The average Bonchev–Trinajstić information content (AvgIpc) is 2.75. The van der Waals surface area contributed by atoms with E-state index >= 15 is 0 Å². The molecule has 0 unspecified atom stereocenters. The van der Waals surface area contributed by atoms with E-state index < -0.39 is 11.9 Å². The lowest BCUT2D eigenvalue weighted by Crippen LogP contribution is -2.32. The molecule has 120 valence electrons. The number of hydrogen-bond acceptors (Lipinski definition) is 3. The number of nitrogens with zero attached hydrogens (tertiary/aromatic N) is 2. The topological polar surface area (TPSA) is 57.7 Å². The lowest BCUT2D eigenvalue weighted by molar-refractivity contribution is -0.131. The van der Waals surface area contributed by atoms with Gasteiger partial charge in [-0.1, -0.05) is 64.7 Å². The summed E-state index contributed by atoms with van der Waals surface area (Å²) in [5.41, 5.74) is 0. The van der Waals surface area contributed by atoms with Crippen molar-refractivity contribution in [1.82, 2.24) is 9.80 Å². The lowest BCUT2D eigenvalue weighted by atomic mass is 10.1. The van der Waals surface area contributed by atoms with Crippen LogP contribution in [0.25, 0.3) is 0 Å². The van der Waals surface area contributed by atoms with Gasteiger partial charge < -0.3 is 4.90 Å². The molecule has 1 rings (SSSR count). The van der Waals surface area contributed by atoms with Crippen LogP contribution >= 0.6 is 0 Å². The second-order valence-electron chi connectivity index (χ2n) is 5.76. The SMILES string of the molecule is CCCCCCCCCCCCN1CC(=O)N(C=O)C1=O. The van der Waals surface area contributed by atoms with Gasteiger partial charge in [0.15, 0.2) is 0 Å². The number of rotatable bonds is 12. The zero-order chi connectivity index (χ0) is 15.5. The summed E-state index contributed by atoms with van der Waals surface area (Å²) in [7, 11) is 0. The smallest absolute Gasteiger partial charge is 0.315 e. The fourth-order valence-corrected chi connectivity index (χ4v) is 2.63. The molecule has 1 heterocycles. The summed E-state index contributed by atoms with van der Waals surface area (Å²) < 4.78 is 0. The molecule has 0 spiro atoms. The number of carbonyl (C=O) groups is 3. The first-order valence-corrected chi connectivity index (χ1v) is 8.27. The van der Waals surface area contributed by atoms with Crippen molar-refractivity contribution >= 4 is 18.3 Å². The second kappa shape index (κ2) is 10.4. The first-order valence-electron chi connectivity index (χ1n) is 8.27. The first kappa shape index (κ1) is 17.7. The van der Waals surface area contributed by atoms with Crippen LogP contribution < -0.4 is 0 Å². The number of amides is 4. The molecule has 0 atom stereocenters. The Hall–Kier alpha value is -1.39. The number of carbonyl (C=O) groups excluding carboxylic acids is 3. The highest BCUT2D eigenvalue weighted by molar-refractivity contribution is 6.09. The molecule has 0 aromatic heterocycles. The predicted octanol–water partition coefficient (Wildman–Crippen LogP) is 3.33. The van der Waals surface area contributed by atoms with Crippen molar-refractivity contribution in [3.8, 4) is 0 Å². The molecule has 0 aromatic carbocycles. The molecule has 0 saturated carbocycles. The summed E-state index contributed by atoms with van der Waals surface area (Å²) in [5, 5.41) is 0. The van der Waals surface area contributed by atoms with Gasteiger partial charge in [-0.3, -0.25) is 9.59 Å². The van der Waals surface area contributed by atoms with Crippen LogP contribution in [0.4, 0.5) is 4.79 Å². The van der Waals surface area contributed by atoms with Crippen molar-refractivity contribution in [3.63, 3.8) is 0 Å². The number of unbranched alkanes of at least 4 members (excludes halogenated alkanes) is 9. The van der Waals surface area contributed by atoms with E-state index in [1.54, 1.807) is 0 Å². The molecule has 1 aliphatic rings. The molecule has 1 aliphatic heterocycles. The molecule has 4 amide bonds. The summed E-state index contributed by atoms with van der Waals surface area (Å²) in [6, 6.07) is -0.467. The molecule has 0 radical (unpaired) electrons. The highest BCUT2D eigenvalue weighted by Gasteiger charge is 2.35. The maximum Gasteiger partial charge on any atom is 0.333 e. The Labute approximate surface area is 127 Å². The first-order chi connectivity index (χ1) is 10.2. The van der Waals surface area contributed by atoms with Gasteiger partial charge in [-0.2, -0.15) is 0 Å². The zero-order valence-electron chi connectivity index (χ0n) is 13.2. The van der Waals surface area contributed by atoms with E-state index in [9.17, 15) is 14.4 Å². The van der Waals surface area contributed by atoms with Crippen LogP contribution in [0, 0.1) is 0 Å². The maximum absolute atomic E-state index is 11.6. The van der Waals surface area contributed by atoms with Gasteiger partial charge in [0.2, 0.25) is 6.41 Å². The van der Waals surface area contributed by atoms with Crippen LogP contribution in [0.15, 0.2) is 0 Å². The molecule has 0 bridgehead atoms. The van der Waals surface area contributed by atoms with Crippen molar-refractivity contribution in [1.29, 1.82) is 0 Å². The fourth-order valence-electron chi connectivity index (χ4n) is 2.63. The molecule has 5 nitrogen and oxygen atoms in total. The Morgan fingerprint density at radius 1 is 0.905 bits per heavy atom. The van der Waals surface area contributed by atoms with Crippen LogP contribution in [-0.4, -0.2) is 41.2 Å². The molecule has 0 aliphatic carbocycles. The van der Waals surface area contributed by atoms with Gasteiger partial charge in [-0.25, -0.2) is 9.69 Å². The number of hydrogen-bond donors (Lipinski definition) is 0. The molecule has 1 saturated heterocycles. The van der Waals surface area contributed by atoms with E-state index in [0.29, 0.717) is 17.9 Å². The van der Waals surface area contributed by atoms with Crippen LogP contribution in [-0.2, 0) is 9.59 Å². The third-order valence-electron chi connectivity index (χ3n) is 3.96. The molecule has 5 heteroatoms. The van der Waals surface area contributed by atoms with Crippen molar-refractivity contribution in [2.75, 3.05) is 13.1 Å². The third-order valence-corrected chi connectivity index (χ3v) is 3.96. The molecule has 21 heavy (non-hydrogen) atoms. The summed E-state index contributed by atoms with van der Waals surface area (Å²) >= 11 is 0. The second-order valence-corrected chi connectivity index (χ2v) is 5.76.